The van der Waals surface area contributed by atoms with Crippen molar-refractivity contribution in [3.05, 3.63) is 42.7 Å². The van der Waals surface area contributed by atoms with E-state index in [-0.39, 0.29) is 17.4 Å². The zero-order chi connectivity index (χ0) is 22.7. The highest BCUT2D eigenvalue weighted by Gasteiger charge is 2.29. The molecule has 32 heavy (non-hydrogen) atoms. The Bertz CT molecular complexity index is 1170. The standard InChI is InChI=1S/C23H30N4O4S/c1-17(2)15-27(23-22(30-3)5-4-10-24-23)32(28,29)20-6-7-21-19(13-20)14-25-26(21)16-18-8-11-31-12-9-18/h4-7,10,13-14,17-18H,8-9,11-12,15-16H2,1-3H3. The second-order valence-corrected chi connectivity index (χ2v) is 10.4. The first-order valence-electron chi connectivity index (χ1n) is 10.9. The van der Waals surface area contributed by atoms with Crippen molar-refractivity contribution in [3.63, 3.8) is 0 Å². The van der Waals surface area contributed by atoms with Crippen LogP contribution in [-0.4, -0.2) is 50.1 Å². The van der Waals surface area contributed by atoms with Crippen molar-refractivity contribution < 1.29 is 17.9 Å². The van der Waals surface area contributed by atoms with E-state index in [9.17, 15) is 8.42 Å². The molecule has 172 valence electrons. The Hall–Kier alpha value is -2.65. The Labute approximate surface area is 189 Å². The number of hydrogen-bond acceptors (Lipinski definition) is 6. The summed E-state index contributed by atoms with van der Waals surface area (Å²) in [6.45, 7) is 6.62. The van der Waals surface area contributed by atoms with Crippen LogP contribution in [0.1, 0.15) is 26.7 Å². The predicted octanol–water partition coefficient (Wildman–Crippen LogP) is 3.72. The van der Waals surface area contributed by atoms with Gasteiger partial charge in [-0.05, 0) is 55.0 Å². The number of hydrogen-bond donors (Lipinski definition) is 0. The molecule has 0 N–H and O–H groups in total. The number of pyridine rings is 1. The van der Waals surface area contributed by atoms with Crippen molar-refractivity contribution in [2.24, 2.45) is 11.8 Å². The first-order valence-corrected chi connectivity index (χ1v) is 12.4. The zero-order valence-corrected chi connectivity index (χ0v) is 19.6. The normalized spacial score (nSPS) is 15.4. The van der Waals surface area contributed by atoms with Gasteiger partial charge >= 0.3 is 0 Å². The minimum absolute atomic E-state index is 0.0995. The van der Waals surface area contributed by atoms with Gasteiger partial charge in [0.1, 0.15) is 0 Å². The van der Waals surface area contributed by atoms with Crippen LogP contribution in [0, 0.1) is 11.8 Å². The molecule has 3 aromatic rings. The van der Waals surface area contributed by atoms with Crippen LogP contribution < -0.4 is 9.04 Å². The minimum atomic E-state index is -3.85. The molecule has 2 aromatic heterocycles. The summed E-state index contributed by atoms with van der Waals surface area (Å²) in [6.07, 6.45) is 5.35. The molecule has 3 heterocycles. The van der Waals surface area contributed by atoms with Crippen LogP contribution in [0.15, 0.2) is 47.6 Å². The lowest BCUT2D eigenvalue weighted by Crippen LogP contribution is -2.35. The molecule has 0 unspecified atom stereocenters. The highest BCUT2D eigenvalue weighted by atomic mass is 32.2. The molecular formula is C23H30N4O4S. The van der Waals surface area contributed by atoms with E-state index in [1.165, 1.54) is 11.4 Å². The van der Waals surface area contributed by atoms with E-state index in [1.54, 1.807) is 36.7 Å². The largest absolute Gasteiger partial charge is 0.493 e. The molecule has 9 heteroatoms. The molecule has 1 aliphatic rings. The van der Waals surface area contributed by atoms with E-state index in [1.807, 2.05) is 24.6 Å². The monoisotopic (exact) mass is 458 g/mol. The van der Waals surface area contributed by atoms with E-state index in [0.717, 1.165) is 43.5 Å². The van der Waals surface area contributed by atoms with E-state index >= 15 is 0 Å². The molecule has 1 saturated heterocycles. The number of rotatable bonds is 8. The molecule has 0 atom stereocenters. The zero-order valence-electron chi connectivity index (χ0n) is 18.8. The van der Waals surface area contributed by atoms with Crippen LogP contribution >= 0.6 is 0 Å². The summed E-state index contributed by atoms with van der Waals surface area (Å²) in [5, 5.41) is 5.33. The second kappa shape index (κ2) is 9.46. The van der Waals surface area contributed by atoms with Crippen LogP contribution in [0.2, 0.25) is 0 Å². The fourth-order valence-electron chi connectivity index (χ4n) is 4.03. The third kappa shape index (κ3) is 4.59. The second-order valence-electron chi connectivity index (χ2n) is 8.56. The van der Waals surface area contributed by atoms with Crippen molar-refractivity contribution >= 4 is 26.7 Å². The van der Waals surface area contributed by atoms with Crippen molar-refractivity contribution in [1.29, 1.82) is 0 Å². The fraction of sp³-hybridized carbons (Fsp3) is 0.478. The van der Waals surface area contributed by atoms with Crippen molar-refractivity contribution in [3.8, 4) is 5.75 Å². The van der Waals surface area contributed by atoms with Crippen LogP contribution in [0.4, 0.5) is 5.82 Å². The van der Waals surface area contributed by atoms with Crippen molar-refractivity contribution in [1.82, 2.24) is 14.8 Å². The van der Waals surface area contributed by atoms with E-state index in [4.69, 9.17) is 9.47 Å². The number of sulfonamides is 1. The Balaban J connectivity index is 1.68. The van der Waals surface area contributed by atoms with E-state index in [2.05, 4.69) is 10.1 Å². The molecule has 0 aliphatic carbocycles. The van der Waals surface area contributed by atoms with Gasteiger partial charge in [-0.2, -0.15) is 5.10 Å². The third-order valence-corrected chi connectivity index (χ3v) is 7.46. The quantitative estimate of drug-likeness (QED) is 0.511. The van der Waals surface area contributed by atoms with E-state index < -0.39 is 10.0 Å². The number of methoxy groups -OCH3 is 1. The van der Waals surface area contributed by atoms with Gasteiger partial charge in [0, 0.05) is 37.9 Å². The molecule has 4 rings (SSSR count). The Kier molecular flexibility index (Phi) is 6.66. The Morgan fingerprint density at radius 1 is 1.25 bits per heavy atom. The molecule has 0 saturated carbocycles. The average Bonchev–Trinajstić information content (AvgIpc) is 3.20. The Morgan fingerprint density at radius 2 is 2.03 bits per heavy atom. The summed E-state index contributed by atoms with van der Waals surface area (Å²) in [5.41, 5.74) is 0.932. The van der Waals surface area contributed by atoms with Crippen LogP contribution in [0.3, 0.4) is 0 Å². The molecule has 0 bridgehead atoms. The summed E-state index contributed by atoms with van der Waals surface area (Å²) < 4.78 is 41.5. The number of nitrogens with zero attached hydrogens (tertiary/aromatic N) is 4. The number of fused-ring (bicyclic) bond motifs is 1. The number of anilines is 1. The van der Waals surface area contributed by atoms with Gasteiger partial charge in [-0.15, -0.1) is 0 Å². The van der Waals surface area contributed by atoms with Gasteiger partial charge in [0.05, 0.1) is 23.7 Å². The maximum absolute atomic E-state index is 13.7. The summed E-state index contributed by atoms with van der Waals surface area (Å²) in [4.78, 5) is 4.53. The molecule has 1 aromatic carbocycles. The average molecular weight is 459 g/mol. The molecule has 0 radical (unpaired) electrons. The van der Waals surface area contributed by atoms with Gasteiger partial charge in [-0.25, -0.2) is 17.7 Å². The maximum atomic E-state index is 13.7. The van der Waals surface area contributed by atoms with Crippen LogP contribution in [0.25, 0.3) is 10.9 Å². The van der Waals surface area contributed by atoms with Gasteiger partial charge < -0.3 is 9.47 Å². The van der Waals surface area contributed by atoms with Crippen LogP contribution in [-0.2, 0) is 21.3 Å². The molecule has 1 fully saturated rings. The lowest BCUT2D eigenvalue weighted by Gasteiger charge is -2.26. The SMILES string of the molecule is COc1cccnc1N(CC(C)C)S(=O)(=O)c1ccc2c(cnn2CC2CCOCC2)c1. The summed E-state index contributed by atoms with van der Waals surface area (Å²) in [7, 11) is -2.34. The predicted molar refractivity (Wildman–Crippen MR) is 123 cm³/mol. The fourth-order valence-corrected chi connectivity index (χ4v) is 5.66. The maximum Gasteiger partial charge on any atom is 0.265 e. The topological polar surface area (TPSA) is 86.5 Å². The Morgan fingerprint density at radius 3 is 2.75 bits per heavy atom. The lowest BCUT2D eigenvalue weighted by atomic mass is 10.0. The first kappa shape index (κ1) is 22.5. The van der Waals surface area contributed by atoms with Crippen molar-refractivity contribution in [2.75, 3.05) is 31.2 Å². The third-order valence-electron chi connectivity index (χ3n) is 5.71. The summed E-state index contributed by atoms with van der Waals surface area (Å²) in [6, 6.07) is 8.64. The number of benzene rings is 1. The molecule has 8 nitrogen and oxygen atoms in total. The highest BCUT2D eigenvalue weighted by Crippen LogP contribution is 2.32. The molecule has 0 spiro atoms. The lowest BCUT2D eigenvalue weighted by molar-refractivity contribution is 0.0605. The summed E-state index contributed by atoms with van der Waals surface area (Å²) >= 11 is 0. The highest BCUT2D eigenvalue weighted by molar-refractivity contribution is 7.92. The smallest absolute Gasteiger partial charge is 0.265 e. The molecular weight excluding hydrogens is 428 g/mol. The van der Waals surface area contributed by atoms with Gasteiger partial charge in [0.2, 0.25) is 0 Å². The molecule has 1 aliphatic heterocycles. The van der Waals surface area contributed by atoms with Gasteiger partial charge in [0.15, 0.2) is 11.6 Å². The van der Waals surface area contributed by atoms with Gasteiger partial charge in [-0.3, -0.25) is 4.68 Å². The number of ether oxygens (including phenoxy) is 2. The van der Waals surface area contributed by atoms with E-state index in [0.29, 0.717) is 17.5 Å². The summed E-state index contributed by atoms with van der Waals surface area (Å²) in [5.74, 6) is 1.33. The number of aromatic nitrogens is 3. The van der Waals surface area contributed by atoms with Gasteiger partial charge in [-0.1, -0.05) is 13.8 Å². The van der Waals surface area contributed by atoms with Gasteiger partial charge in [0.25, 0.3) is 10.0 Å². The van der Waals surface area contributed by atoms with Crippen LogP contribution in [0.5, 0.6) is 5.75 Å². The first-order chi connectivity index (χ1) is 15.4. The molecule has 0 amide bonds. The minimum Gasteiger partial charge on any atom is -0.493 e. The van der Waals surface area contributed by atoms with Crippen molar-refractivity contribution in [2.45, 2.75) is 38.1 Å².